The van der Waals surface area contributed by atoms with E-state index in [9.17, 15) is 0 Å². The molecule has 1 heterocycles. The third-order valence-electron chi connectivity index (χ3n) is 1.78. The van der Waals surface area contributed by atoms with Crippen LogP contribution < -0.4 is 5.73 Å². The maximum Gasteiger partial charge on any atom is 0.153 e. The van der Waals surface area contributed by atoms with Crippen LogP contribution in [0, 0.1) is 11.3 Å². The van der Waals surface area contributed by atoms with Gasteiger partial charge in [0.15, 0.2) is 5.82 Å². The summed E-state index contributed by atoms with van der Waals surface area (Å²) in [5, 5.41) is 9.51. The summed E-state index contributed by atoms with van der Waals surface area (Å²) in [6, 6.07) is 11.7. The fraction of sp³-hybridized carbons (Fsp3) is 0. The van der Waals surface area contributed by atoms with Crippen LogP contribution in [0.5, 0.6) is 0 Å². The second kappa shape index (κ2) is 3.48. The highest BCUT2D eigenvalue weighted by Gasteiger charge is 2.08. The number of thiazole rings is 1. The second-order valence-corrected chi connectivity index (χ2v) is 3.71. The Hall–Kier alpha value is -1.86. The molecule has 4 heteroatoms. The average Bonchev–Trinajstić information content (AvgIpc) is 2.61. The number of nitrogen functional groups attached to an aromatic ring is 1. The van der Waals surface area contributed by atoms with Crippen LogP contribution in [-0.2, 0) is 0 Å². The maximum atomic E-state index is 8.72. The van der Waals surface area contributed by atoms with Gasteiger partial charge in [-0.15, -0.1) is 11.3 Å². The summed E-state index contributed by atoms with van der Waals surface area (Å²) in [5.74, 6) is 0.316. The molecule has 1 aromatic carbocycles. The van der Waals surface area contributed by atoms with Gasteiger partial charge in [-0.2, -0.15) is 5.26 Å². The van der Waals surface area contributed by atoms with Gasteiger partial charge >= 0.3 is 0 Å². The highest BCUT2D eigenvalue weighted by molar-refractivity contribution is 7.16. The second-order valence-electron chi connectivity index (χ2n) is 2.71. The first-order chi connectivity index (χ1) is 6.81. The molecule has 0 aliphatic rings. The van der Waals surface area contributed by atoms with Crippen molar-refractivity contribution in [2.75, 3.05) is 5.73 Å². The molecule has 2 rings (SSSR count). The summed E-state index contributed by atoms with van der Waals surface area (Å²) < 4.78 is 0. The number of aromatic nitrogens is 1. The van der Waals surface area contributed by atoms with Crippen molar-refractivity contribution in [3.8, 4) is 16.6 Å². The molecule has 0 saturated carbocycles. The molecule has 0 spiro atoms. The zero-order valence-electron chi connectivity index (χ0n) is 7.27. The highest BCUT2D eigenvalue weighted by Crippen LogP contribution is 2.28. The Kier molecular flexibility index (Phi) is 2.17. The molecule has 14 heavy (non-hydrogen) atoms. The summed E-state index contributed by atoms with van der Waals surface area (Å²) in [4.78, 5) is 4.60. The first-order valence-corrected chi connectivity index (χ1v) is 4.84. The van der Waals surface area contributed by atoms with E-state index in [0.29, 0.717) is 10.7 Å². The molecule has 68 valence electrons. The van der Waals surface area contributed by atoms with Gasteiger partial charge in [-0.05, 0) is 0 Å². The SMILES string of the molecule is N#Cc1sc(-c2ccccc2)nc1N. The summed E-state index contributed by atoms with van der Waals surface area (Å²) >= 11 is 1.32. The van der Waals surface area contributed by atoms with Crippen LogP contribution in [-0.4, -0.2) is 4.98 Å². The molecule has 0 radical (unpaired) electrons. The lowest BCUT2D eigenvalue weighted by atomic mass is 10.2. The fourth-order valence-corrected chi connectivity index (χ4v) is 1.90. The molecule has 0 unspecified atom stereocenters. The van der Waals surface area contributed by atoms with Crippen LogP contribution in [0.2, 0.25) is 0 Å². The van der Waals surface area contributed by atoms with Crippen molar-refractivity contribution in [3.63, 3.8) is 0 Å². The minimum absolute atomic E-state index is 0.316. The normalized spacial score (nSPS) is 9.64. The molecule has 1 aromatic heterocycles. The topological polar surface area (TPSA) is 62.7 Å². The predicted octanol–water partition coefficient (Wildman–Crippen LogP) is 2.26. The van der Waals surface area contributed by atoms with Gasteiger partial charge in [0, 0.05) is 5.56 Å². The molecule has 0 amide bonds. The largest absolute Gasteiger partial charge is 0.382 e. The predicted molar refractivity (Wildman–Crippen MR) is 56.7 cm³/mol. The zero-order valence-corrected chi connectivity index (χ0v) is 8.08. The monoisotopic (exact) mass is 201 g/mol. The van der Waals surface area contributed by atoms with Gasteiger partial charge in [0.2, 0.25) is 0 Å². The third kappa shape index (κ3) is 1.45. The van der Waals surface area contributed by atoms with Crippen LogP contribution in [0.1, 0.15) is 4.88 Å². The van der Waals surface area contributed by atoms with Gasteiger partial charge in [0.25, 0.3) is 0 Å². The molecular weight excluding hydrogens is 194 g/mol. The van der Waals surface area contributed by atoms with E-state index in [1.807, 2.05) is 36.4 Å². The molecule has 3 nitrogen and oxygen atoms in total. The first kappa shape index (κ1) is 8.73. The van der Waals surface area contributed by atoms with Crippen molar-refractivity contribution in [1.29, 1.82) is 5.26 Å². The van der Waals surface area contributed by atoms with E-state index in [2.05, 4.69) is 4.98 Å². The molecular formula is C10H7N3S. The van der Waals surface area contributed by atoms with Crippen LogP contribution in [0.4, 0.5) is 5.82 Å². The van der Waals surface area contributed by atoms with Gasteiger partial charge in [-0.3, -0.25) is 0 Å². The smallest absolute Gasteiger partial charge is 0.153 e. The number of nitrogens with zero attached hydrogens (tertiary/aromatic N) is 2. The van der Waals surface area contributed by atoms with Crippen LogP contribution in [0.3, 0.4) is 0 Å². The number of benzene rings is 1. The van der Waals surface area contributed by atoms with E-state index in [-0.39, 0.29) is 0 Å². The Morgan fingerprint density at radius 1 is 1.29 bits per heavy atom. The van der Waals surface area contributed by atoms with Crippen molar-refractivity contribution in [3.05, 3.63) is 35.2 Å². The lowest BCUT2D eigenvalue weighted by Crippen LogP contribution is -1.86. The molecule has 0 saturated heterocycles. The fourth-order valence-electron chi connectivity index (χ4n) is 1.12. The Balaban J connectivity index is 2.50. The molecule has 0 aliphatic heterocycles. The Labute approximate surface area is 85.4 Å². The Morgan fingerprint density at radius 3 is 2.57 bits per heavy atom. The summed E-state index contributed by atoms with van der Waals surface area (Å²) in [6.45, 7) is 0. The van der Waals surface area contributed by atoms with E-state index in [1.54, 1.807) is 0 Å². The van der Waals surface area contributed by atoms with Crippen molar-refractivity contribution in [2.24, 2.45) is 0 Å². The van der Waals surface area contributed by atoms with Gasteiger partial charge in [-0.1, -0.05) is 30.3 Å². The summed E-state index contributed by atoms with van der Waals surface area (Å²) in [6.07, 6.45) is 0. The molecule has 0 aliphatic carbocycles. The Morgan fingerprint density at radius 2 is 2.00 bits per heavy atom. The number of nitriles is 1. The highest BCUT2D eigenvalue weighted by atomic mass is 32.1. The van der Waals surface area contributed by atoms with E-state index < -0.39 is 0 Å². The number of hydrogen-bond acceptors (Lipinski definition) is 4. The minimum Gasteiger partial charge on any atom is -0.382 e. The van der Waals surface area contributed by atoms with Gasteiger partial charge in [0.05, 0.1) is 0 Å². The van der Waals surface area contributed by atoms with E-state index in [4.69, 9.17) is 11.0 Å². The summed E-state index contributed by atoms with van der Waals surface area (Å²) in [5.41, 5.74) is 6.56. The molecule has 0 fully saturated rings. The Bertz CT molecular complexity index is 482. The standard InChI is InChI=1S/C10H7N3S/c11-6-8-9(12)13-10(14-8)7-4-2-1-3-5-7/h1-5H,12H2. The number of hydrogen-bond donors (Lipinski definition) is 1. The van der Waals surface area contributed by atoms with E-state index in [1.165, 1.54) is 11.3 Å². The summed E-state index contributed by atoms with van der Waals surface area (Å²) in [7, 11) is 0. The van der Waals surface area contributed by atoms with E-state index >= 15 is 0 Å². The van der Waals surface area contributed by atoms with Crippen LogP contribution in [0.15, 0.2) is 30.3 Å². The van der Waals surface area contributed by atoms with Crippen LogP contribution >= 0.6 is 11.3 Å². The van der Waals surface area contributed by atoms with Crippen molar-refractivity contribution in [1.82, 2.24) is 4.98 Å². The first-order valence-electron chi connectivity index (χ1n) is 4.03. The molecule has 0 bridgehead atoms. The van der Waals surface area contributed by atoms with Crippen LogP contribution in [0.25, 0.3) is 10.6 Å². The molecule has 2 aromatic rings. The average molecular weight is 201 g/mol. The zero-order chi connectivity index (χ0) is 9.97. The van der Waals surface area contributed by atoms with Gasteiger partial charge < -0.3 is 5.73 Å². The van der Waals surface area contributed by atoms with Gasteiger partial charge in [0.1, 0.15) is 16.0 Å². The van der Waals surface area contributed by atoms with Gasteiger partial charge in [-0.25, -0.2) is 4.98 Å². The lowest BCUT2D eigenvalue weighted by Gasteiger charge is -1.92. The van der Waals surface area contributed by atoms with Crippen molar-refractivity contribution >= 4 is 17.2 Å². The quantitative estimate of drug-likeness (QED) is 0.769. The molecule has 2 N–H and O–H groups in total. The van der Waals surface area contributed by atoms with Crippen molar-refractivity contribution in [2.45, 2.75) is 0 Å². The lowest BCUT2D eigenvalue weighted by molar-refractivity contribution is 1.40. The number of nitrogens with two attached hydrogens (primary N) is 1. The molecule has 0 atom stereocenters. The third-order valence-corrected chi connectivity index (χ3v) is 2.80. The van der Waals surface area contributed by atoms with Crippen molar-refractivity contribution < 1.29 is 0 Å². The van der Waals surface area contributed by atoms with E-state index in [0.717, 1.165) is 10.6 Å². The number of rotatable bonds is 1. The number of anilines is 1. The maximum absolute atomic E-state index is 8.72. The minimum atomic E-state index is 0.316.